The van der Waals surface area contributed by atoms with Crippen molar-refractivity contribution in [1.82, 2.24) is 19.4 Å². The summed E-state index contributed by atoms with van der Waals surface area (Å²) >= 11 is 0. The summed E-state index contributed by atoms with van der Waals surface area (Å²) in [7, 11) is 8.42. The summed E-state index contributed by atoms with van der Waals surface area (Å²) in [5, 5.41) is 3.47. The highest BCUT2D eigenvalue weighted by atomic mass is 16.5. The molecular weight excluding hydrogens is 302 g/mol. The topological polar surface area (TPSA) is 45.6 Å². The monoisotopic (exact) mass is 331 g/mol. The van der Waals surface area contributed by atoms with Crippen LogP contribution in [0.2, 0.25) is 0 Å². The van der Waals surface area contributed by atoms with E-state index in [1.165, 1.54) is 0 Å². The van der Waals surface area contributed by atoms with Crippen molar-refractivity contribution in [3.8, 4) is 5.75 Å². The number of nitrogens with one attached hydrogen (secondary N) is 1. The van der Waals surface area contributed by atoms with Crippen molar-refractivity contribution in [2.75, 3.05) is 59.7 Å². The molecule has 1 atom stereocenters. The molecule has 1 aromatic heterocycles. The fourth-order valence-electron chi connectivity index (χ4n) is 3.28. The van der Waals surface area contributed by atoms with E-state index in [9.17, 15) is 0 Å². The molecule has 1 aliphatic rings. The van der Waals surface area contributed by atoms with Crippen molar-refractivity contribution in [2.24, 2.45) is 5.92 Å². The van der Waals surface area contributed by atoms with Crippen molar-refractivity contribution in [3.05, 3.63) is 18.2 Å². The van der Waals surface area contributed by atoms with Gasteiger partial charge in [0.1, 0.15) is 5.75 Å². The van der Waals surface area contributed by atoms with Crippen molar-refractivity contribution < 1.29 is 4.74 Å². The van der Waals surface area contributed by atoms with Gasteiger partial charge in [0.2, 0.25) is 5.95 Å². The van der Waals surface area contributed by atoms with E-state index in [2.05, 4.69) is 60.0 Å². The molecule has 132 valence electrons. The number of hydrogen-bond acceptors (Lipinski definition) is 5. The summed E-state index contributed by atoms with van der Waals surface area (Å²) in [6.45, 7) is 4.84. The minimum Gasteiger partial charge on any atom is -0.493 e. The van der Waals surface area contributed by atoms with Crippen LogP contribution in [0.25, 0.3) is 11.0 Å². The number of benzene rings is 1. The Bertz CT molecular complexity index is 679. The molecular formula is C18H29N5O. The first-order valence-corrected chi connectivity index (χ1v) is 8.69. The highest BCUT2D eigenvalue weighted by Crippen LogP contribution is 2.28. The first-order chi connectivity index (χ1) is 11.5. The third-order valence-corrected chi connectivity index (χ3v) is 4.35. The second-order valence-corrected chi connectivity index (χ2v) is 7.21. The summed E-state index contributed by atoms with van der Waals surface area (Å²) in [5.41, 5.74) is 2.19. The second-order valence-electron chi connectivity index (χ2n) is 7.21. The van der Waals surface area contributed by atoms with Gasteiger partial charge in [0.05, 0.1) is 17.6 Å². The lowest BCUT2D eigenvalue weighted by Crippen LogP contribution is -2.34. The Morgan fingerprint density at radius 1 is 1.25 bits per heavy atom. The van der Waals surface area contributed by atoms with E-state index in [1.54, 1.807) is 0 Å². The van der Waals surface area contributed by atoms with Gasteiger partial charge in [0.25, 0.3) is 0 Å². The van der Waals surface area contributed by atoms with Gasteiger partial charge in [-0.05, 0) is 46.7 Å². The van der Waals surface area contributed by atoms with Crippen molar-refractivity contribution in [3.63, 3.8) is 0 Å². The quantitative estimate of drug-likeness (QED) is 0.786. The maximum absolute atomic E-state index is 5.92. The average Bonchev–Trinajstić information content (AvgIpc) is 2.88. The molecule has 0 saturated carbocycles. The molecule has 0 amide bonds. The molecule has 6 nitrogen and oxygen atoms in total. The Hall–Kier alpha value is -1.79. The van der Waals surface area contributed by atoms with Gasteiger partial charge in [-0.2, -0.15) is 0 Å². The van der Waals surface area contributed by atoms with Crippen molar-refractivity contribution in [2.45, 2.75) is 13.0 Å². The number of aromatic nitrogens is 2. The largest absolute Gasteiger partial charge is 0.493 e. The number of rotatable bonds is 7. The standard InChI is InChI=1S/C18H29N5O/c1-21(2)8-5-9-24-15-6-7-16-17(10-15)23-13-14(12-22(3)4)11-19-18(23)20-16/h6-7,10,14H,5,8-9,11-13H2,1-4H3,(H,19,20). The summed E-state index contributed by atoms with van der Waals surface area (Å²) in [4.78, 5) is 9.13. The minimum absolute atomic E-state index is 0.592. The molecule has 0 fully saturated rings. The van der Waals surface area contributed by atoms with Gasteiger partial charge in [-0.25, -0.2) is 4.98 Å². The van der Waals surface area contributed by atoms with Gasteiger partial charge in [-0.3, -0.25) is 0 Å². The zero-order valence-corrected chi connectivity index (χ0v) is 15.2. The molecule has 0 bridgehead atoms. The van der Waals surface area contributed by atoms with Crippen LogP contribution in [0.15, 0.2) is 18.2 Å². The summed E-state index contributed by atoms with van der Waals surface area (Å²) in [6, 6.07) is 6.21. The van der Waals surface area contributed by atoms with Crippen LogP contribution < -0.4 is 10.1 Å². The zero-order valence-electron chi connectivity index (χ0n) is 15.2. The van der Waals surface area contributed by atoms with Gasteiger partial charge in [-0.15, -0.1) is 0 Å². The molecule has 2 heterocycles. The van der Waals surface area contributed by atoms with Crippen LogP contribution >= 0.6 is 0 Å². The van der Waals surface area contributed by atoms with E-state index < -0.39 is 0 Å². The number of anilines is 1. The molecule has 1 N–H and O–H groups in total. The van der Waals surface area contributed by atoms with Crippen molar-refractivity contribution >= 4 is 17.0 Å². The molecule has 6 heteroatoms. The summed E-state index contributed by atoms with van der Waals surface area (Å²) in [5.74, 6) is 2.50. The Morgan fingerprint density at radius 2 is 2.08 bits per heavy atom. The van der Waals surface area contributed by atoms with Gasteiger partial charge in [-0.1, -0.05) is 0 Å². The lowest BCUT2D eigenvalue weighted by atomic mass is 10.1. The maximum Gasteiger partial charge on any atom is 0.203 e. The molecule has 1 aliphatic heterocycles. The van der Waals surface area contributed by atoms with Crippen LogP contribution in [0.3, 0.4) is 0 Å². The van der Waals surface area contributed by atoms with Crippen LogP contribution in [0.1, 0.15) is 6.42 Å². The second kappa shape index (κ2) is 7.40. The molecule has 1 unspecified atom stereocenters. The van der Waals surface area contributed by atoms with E-state index in [-0.39, 0.29) is 0 Å². The Labute approximate surface area is 144 Å². The average molecular weight is 331 g/mol. The lowest BCUT2D eigenvalue weighted by Gasteiger charge is -2.27. The highest BCUT2D eigenvalue weighted by molar-refractivity contribution is 5.80. The lowest BCUT2D eigenvalue weighted by molar-refractivity contribution is 0.281. The number of nitrogens with zero attached hydrogens (tertiary/aromatic N) is 4. The van der Waals surface area contributed by atoms with Gasteiger partial charge < -0.3 is 24.4 Å². The summed E-state index contributed by atoms with van der Waals surface area (Å²) < 4.78 is 8.21. The Balaban J connectivity index is 1.72. The molecule has 0 saturated heterocycles. The Morgan fingerprint density at radius 3 is 2.83 bits per heavy atom. The molecule has 0 spiro atoms. The van der Waals surface area contributed by atoms with Crippen LogP contribution in [0, 0.1) is 5.92 Å². The van der Waals surface area contributed by atoms with Crippen LogP contribution in [-0.2, 0) is 6.54 Å². The molecule has 3 rings (SSSR count). The predicted octanol–water partition coefficient (Wildman–Crippen LogP) is 1.97. The maximum atomic E-state index is 5.92. The van der Waals surface area contributed by atoms with Crippen LogP contribution in [-0.4, -0.2) is 73.8 Å². The van der Waals surface area contributed by atoms with Crippen LogP contribution in [0.5, 0.6) is 5.75 Å². The Kier molecular flexibility index (Phi) is 5.26. The molecule has 0 aliphatic carbocycles. The van der Waals surface area contributed by atoms with E-state index in [0.717, 1.165) is 61.9 Å². The molecule has 1 aromatic carbocycles. The first-order valence-electron chi connectivity index (χ1n) is 8.69. The fraction of sp³-hybridized carbons (Fsp3) is 0.611. The first kappa shape index (κ1) is 17.0. The highest BCUT2D eigenvalue weighted by Gasteiger charge is 2.22. The number of ether oxygens (including phenoxy) is 1. The van der Waals surface area contributed by atoms with Gasteiger partial charge >= 0.3 is 0 Å². The third kappa shape index (κ3) is 3.99. The zero-order chi connectivity index (χ0) is 17.1. The van der Waals surface area contributed by atoms with Gasteiger partial charge in [0, 0.05) is 38.2 Å². The van der Waals surface area contributed by atoms with Crippen molar-refractivity contribution in [1.29, 1.82) is 0 Å². The van der Waals surface area contributed by atoms with Crippen LogP contribution in [0.4, 0.5) is 5.95 Å². The summed E-state index contributed by atoms with van der Waals surface area (Å²) in [6.07, 6.45) is 1.03. The van der Waals surface area contributed by atoms with E-state index in [0.29, 0.717) is 5.92 Å². The predicted molar refractivity (Wildman–Crippen MR) is 98.9 cm³/mol. The number of fused-ring (bicyclic) bond motifs is 3. The normalized spacial score (nSPS) is 17.3. The van der Waals surface area contributed by atoms with E-state index in [4.69, 9.17) is 9.72 Å². The molecule has 0 radical (unpaired) electrons. The van der Waals surface area contributed by atoms with Gasteiger partial charge in [0.15, 0.2) is 0 Å². The number of hydrogen-bond donors (Lipinski definition) is 1. The molecule has 2 aromatic rings. The van der Waals surface area contributed by atoms with E-state index in [1.807, 2.05) is 6.07 Å². The molecule has 24 heavy (non-hydrogen) atoms. The number of imidazole rings is 1. The fourth-order valence-corrected chi connectivity index (χ4v) is 3.28. The third-order valence-electron chi connectivity index (χ3n) is 4.35. The minimum atomic E-state index is 0.592. The smallest absolute Gasteiger partial charge is 0.203 e. The van der Waals surface area contributed by atoms with E-state index >= 15 is 0 Å². The SMILES string of the molecule is CN(C)CCCOc1ccc2nc3n(c2c1)CC(CN(C)C)CN3.